The summed E-state index contributed by atoms with van der Waals surface area (Å²) in [7, 11) is 0. The van der Waals surface area contributed by atoms with Crippen LogP contribution < -0.4 is 14.2 Å². The van der Waals surface area contributed by atoms with E-state index in [-0.39, 0.29) is 12.5 Å². The standard InChI is InChI=1S/C27H28ClFO5/c1-3-19-15-23(10-7-20(19)8-12-27(30)31)32-14-13-18(2)33-25-11-9-21(28)16-26(25)34-24-6-4-5-22(29)17-24/h4-7,9-11,15-18H,3,8,12-14H2,1-2H3,(H,30,31)/t18-/m0/s1. The number of ether oxygens (including phenoxy) is 3. The average Bonchev–Trinajstić information content (AvgIpc) is 2.80. The molecule has 0 aliphatic rings. The van der Waals surface area contributed by atoms with E-state index in [1.165, 1.54) is 12.1 Å². The maximum Gasteiger partial charge on any atom is 0.303 e. The highest BCUT2D eigenvalue weighted by Crippen LogP contribution is 2.35. The van der Waals surface area contributed by atoms with Crippen LogP contribution in [0.3, 0.4) is 0 Å². The molecule has 7 heteroatoms. The molecule has 0 unspecified atom stereocenters. The molecular weight excluding hydrogens is 459 g/mol. The minimum atomic E-state index is -0.804. The number of aliphatic carboxylic acids is 1. The Balaban J connectivity index is 1.57. The van der Waals surface area contributed by atoms with Crippen molar-refractivity contribution in [3.05, 3.63) is 82.6 Å². The van der Waals surface area contributed by atoms with Gasteiger partial charge < -0.3 is 19.3 Å². The lowest BCUT2D eigenvalue weighted by atomic mass is 10.0. The van der Waals surface area contributed by atoms with Gasteiger partial charge in [0, 0.05) is 30.0 Å². The maximum absolute atomic E-state index is 13.5. The summed E-state index contributed by atoms with van der Waals surface area (Å²) in [5, 5.41) is 9.40. The first-order valence-corrected chi connectivity index (χ1v) is 11.6. The van der Waals surface area contributed by atoms with Crippen molar-refractivity contribution in [1.29, 1.82) is 0 Å². The first-order valence-electron chi connectivity index (χ1n) is 11.2. The molecule has 180 valence electrons. The van der Waals surface area contributed by atoms with Crippen LogP contribution in [0.5, 0.6) is 23.0 Å². The van der Waals surface area contributed by atoms with Gasteiger partial charge in [-0.15, -0.1) is 0 Å². The highest BCUT2D eigenvalue weighted by Gasteiger charge is 2.13. The first-order chi connectivity index (χ1) is 16.3. The van der Waals surface area contributed by atoms with E-state index in [1.807, 2.05) is 32.0 Å². The zero-order valence-corrected chi connectivity index (χ0v) is 20.0. The Kier molecular flexibility index (Phi) is 9.16. The normalized spacial score (nSPS) is 11.6. The molecule has 3 aromatic carbocycles. The molecule has 0 spiro atoms. The number of benzene rings is 3. The fourth-order valence-corrected chi connectivity index (χ4v) is 3.60. The second-order valence-electron chi connectivity index (χ2n) is 7.89. The monoisotopic (exact) mass is 486 g/mol. The van der Waals surface area contributed by atoms with E-state index in [0.717, 1.165) is 23.3 Å². The van der Waals surface area contributed by atoms with Gasteiger partial charge in [-0.3, -0.25) is 4.79 Å². The Labute approximate surface area is 204 Å². The number of carbonyl (C=O) groups is 1. The van der Waals surface area contributed by atoms with E-state index < -0.39 is 11.8 Å². The summed E-state index contributed by atoms with van der Waals surface area (Å²) >= 11 is 6.11. The molecule has 0 heterocycles. The van der Waals surface area contributed by atoms with Crippen molar-refractivity contribution in [2.45, 2.75) is 45.6 Å². The predicted octanol–water partition coefficient (Wildman–Crippen LogP) is 7.09. The minimum absolute atomic E-state index is 0.109. The predicted molar refractivity (Wildman–Crippen MR) is 130 cm³/mol. The fourth-order valence-electron chi connectivity index (χ4n) is 3.44. The topological polar surface area (TPSA) is 65.0 Å². The third kappa shape index (κ3) is 7.66. The third-order valence-corrected chi connectivity index (χ3v) is 5.45. The van der Waals surface area contributed by atoms with Crippen LogP contribution in [0.4, 0.5) is 4.39 Å². The van der Waals surface area contributed by atoms with Crippen LogP contribution in [-0.4, -0.2) is 23.8 Å². The van der Waals surface area contributed by atoms with Gasteiger partial charge in [0.05, 0.1) is 12.7 Å². The summed E-state index contributed by atoms with van der Waals surface area (Å²) in [6.07, 6.45) is 1.85. The molecule has 34 heavy (non-hydrogen) atoms. The molecule has 0 amide bonds. The highest BCUT2D eigenvalue weighted by molar-refractivity contribution is 6.30. The van der Waals surface area contributed by atoms with Gasteiger partial charge in [-0.05, 0) is 67.3 Å². The summed E-state index contributed by atoms with van der Waals surface area (Å²) in [5.74, 6) is 0.786. The quantitative estimate of drug-likeness (QED) is 0.296. The Hall–Kier alpha value is -3.25. The molecule has 0 saturated carbocycles. The van der Waals surface area contributed by atoms with Crippen LogP contribution in [0.2, 0.25) is 5.02 Å². The van der Waals surface area contributed by atoms with E-state index in [0.29, 0.717) is 41.7 Å². The summed E-state index contributed by atoms with van der Waals surface area (Å²) in [6, 6.07) is 16.7. The van der Waals surface area contributed by atoms with Gasteiger partial charge in [-0.25, -0.2) is 4.39 Å². The largest absolute Gasteiger partial charge is 0.493 e. The van der Waals surface area contributed by atoms with E-state index in [4.69, 9.17) is 30.9 Å². The van der Waals surface area contributed by atoms with Crippen molar-refractivity contribution in [1.82, 2.24) is 0 Å². The number of carboxylic acids is 1. The van der Waals surface area contributed by atoms with E-state index in [1.54, 1.807) is 30.3 Å². The van der Waals surface area contributed by atoms with Gasteiger partial charge in [0.25, 0.3) is 0 Å². The SMILES string of the molecule is CCc1cc(OCC[C@H](C)Oc2ccc(Cl)cc2Oc2cccc(F)c2)ccc1CCC(=O)O. The lowest BCUT2D eigenvalue weighted by Crippen LogP contribution is -2.16. The van der Waals surface area contributed by atoms with Gasteiger partial charge in [-0.1, -0.05) is 30.7 Å². The second-order valence-corrected chi connectivity index (χ2v) is 8.33. The molecule has 0 aliphatic carbocycles. The second kappa shape index (κ2) is 12.3. The maximum atomic E-state index is 13.5. The number of carboxylic acid groups (broad SMARTS) is 1. The van der Waals surface area contributed by atoms with Crippen LogP contribution in [0.1, 0.15) is 37.8 Å². The highest BCUT2D eigenvalue weighted by atomic mass is 35.5. The van der Waals surface area contributed by atoms with Crippen molar-refractivity contribution < 1.29 is 28.5 Å². The van der Waals surface area contributed by atoms with Crippen molar-refractivity contribution >= 4 is 17.6 Å². The van der Waals surface area contributed by atoms with Crippen molar-refractivity contribution in [3.63, 3.8) is 0 Å². The van der Waals surface area contributed by atoms with Gasteiger partial charge in [0.2, 0.25) is 0 Å². The lowest BCUT2D eigenvalue weighted by molar-refractivity contribution is -0.136. The number of halogens is 2. The lowest BCUT2D eigenvalue weighted by Gasteiger charge is -2.18. The summed E-state index contributed by atoms with van der Waals surface area (Å²) < 4.78 is 31.3. The molecule has 0 saturated heterocycles. The van der Waals surface area contributed by atoms with Gasteiger partial charge >= 0.3 is 5.97 Å². The molecular formula is C27H28ClFO5. The van der Waals surface area contributed by atoms with Gasteiger partial charge in [0.15, 0.2) is 11.5 Å². The van der Waals surface area contributed by atoms with Crippen LogP contribution in [-0.2, 0) is 17.6 Å². The molecule has 1 atom stereocenters. The molecule has 0 aromatic heterocycles. The Morgan fingerprint density at radius 3 is 2.59 bits per heavy atom. The molecule has 3 rings (SSSR count). The van der Waals surface area contributed by atoms with E-state index in [2.05, 4.69) is 0 Å². The molecule has 0 bridgehead atoms. The van der Waals surface area contributed by atoms with Crippen LogP contribution >= 0.6 is 11.6 Å². The molecule has 0 aliphatic heterocycles. The Morgan fingerprint density at radius 2 is 1.85 bits per heavy atom. The van der Waals surface area contributed by atoms with Crippen molar-refractivity contribution in [3.8, 4) is 23.0 Å². The van der Waals surface area contributed by atoms with E-state index >= 15 is 0 Å². The molecule has 0 fully saturated rings. The fraction of sp³-hybridized carbons (Fsp3) is 0.296. The first kappa shape index (κ1) is 25.4. The molecule has 1 N–H and O–H groups in total. The third-order valence-electron chi connectivity index (χ3n) is 5.22. The summed E-state index contributed by atoms with van der Waals surface area (Å²) in [6.45, 7) is 4.40. The molecule has 5 nitrogen and oxygen atoms in total. The Bertz CT molecular complexity index is 1120. The van der Waals surface area contributed by atoms with Crippen LogP contribution in [0.25, 0.3) is 0 Å². The zero-order chi connectivity index (χ0) is 24.5. The van der Waals surface area contributed by atoms with Gasteiger partial charge in [-0.2, -0.15) is 0 Å². The smallest absolute Gasteiger partial charge is 0.303 e. The van der Waals surface area contributed by atoms with E-state index in [9.17, 15) is 9.18 Å². The minimum Gasteiger partial charge on any atom is -0.493 e. The zero-order valence-electron chi connectivity index (χ0n) is 19.2. The summed E-state index contributed by atoms with van der Waals surface area (Å²) in [5.41, 5.74) is 2.12. The molecule has 3 aromatic rings. The number of aryl methyl sites for hydroxylation is 2. The number of hydrogen-bond acceptors (Lipinski definition) is 4. The van der Waals surface area contributed by atoms with Crippen LogP contribution in [0, 0.1) is 5.82 Å². The Morgan fingerprint density at radius 1 is 1.03 bits per heavy atom. The van der Waals surface area contributed by atoms with Crippen LogP contribution in [0.15, 0.2) is 60.7 Å². The van der Waals surface area contributed by atoms with Crippen molar-refractivity contribution in [2.75, 3.05) is 6.61 Å². The number of hydrogen-bond donors (Lipinski definition) is 1. The average molecular weight is 487 g/mol. The van der Waals surface area contributed by atoms with Gasteiger partial charge in [0.1, 0.15) is 17.3 Å². The summed E-state index contributed by atoms with van der Waals surface area (Å²) in [4.78, 5) is 10.9. The molecule has 0 radical (unpaired) electrons. The number of rotatable bonds is 12. The van der Waals surface area contributed by atoms with Crippen molar-refractivity contribution in [2.24, 2.45) is 0 Å².